The highest BCUT2D eigenvalue weighted by Crippen LogP contribution is 2.14. The molecular weight excluding hydrogens is 278 g/mol. The van der Waals surface area contributed by atoms with E-state index in [4.69, 9.17) is 11.6 Å². The summed E-state index contributed by atoms with van der Waals surface area (Å²) in [6, 6.07) is 0. The highest BCUT2D eigenvalue weighted by Gasteiger charge is 2.23. The lowest BCUT2D eigenvalue weighted by Gasteiger charge is -2.10. The van der Waals surface area contributed by atoms with Crippen molar-refractivity contribution in [3.63, 3.8) is 0 Å². The number of amides is 1. The first-order valence-corrected chi connectivity index (χ1v) is 7.37. The molecule has 0 bridgehead atoms. The zero-order valence-corrected chi connectivity index (χ0v) is 12.0. The molecule has 0 radical (unpaired) electrons. The number of halogens is 1. The summed E-state index contributed by atoms with van der Waals surface area (Å²) in [6.07, 6.45) is 2.09. The molecule has 8 heteroatoms. The molecule has 0 aliphatic carbocycles. The SMILES string of the molecule is CC[C@@H](C)CC(=O)NS(=O)(=O)c1cnc(Cl)n1C. The summed E-state index contributed by atoms with van der Waals surface area (Å²) in [5.74, 6) is -0.392. The van der Waals surface area contributed by atoms with Gasteiger partial charge in [-0.3, -0.25) is 4.79 Å². The van der Waals surface area contributed by atoms with E-state index in [9.17, 15) is 13.2 Å². The van der Waals surface area contributed by atoms with Crippen molar-refractivity contribution in [2.45, 2.75) is 31.7 Å². The van der Waals surface area contributed by atoms with Crippen LogP contribution in [-0.2, 0) is 21.9 Å². The molecule has 18 heavy (non-hydrogen) atoms. The highest BCUT2D eigenvalue weighted by molar-refractivity contribution is 7.90. The van der Waals surface area contributed by atoms with E-state index in [1.165, 1.54) is 11.6 Å². The van der Waals surface area contributed by atoms with Gasteiger partial charge in [0.25, 0.3) is 10.0 Å². The van der Waals surface area contributed by atoms with Gasteiger partial charge in [-0.25, -0.2) is 9.71 Å². The predicted molar refractivity (Wildman–Crippen MR) is 67.6 cm³/mol. The summed E-state index contributed by atoms with van der Waals surface area (Å²) < 4.78 is 27.0. The first kappa shape index (κ1) is 15.0. The number of hydrogen-bond acceptors (Lipinski definition) is 4. The van der Waals surface area contributed by atoms with Gasteiger partial charge in [-0.05, 0) is 17.5 Å². The van der Waals surface area contributed by atoms with Crippen molar-refractivity contribution in [1.82, 2.24) is 14.3 Å². The Morgan fingerprint density at radius 2 is 2.22 bits per heavy atom. The molecule has 0 aliphatic rings. The van der Waals surface area contributed by atoms with Gasteiger partial charge in [-0.2, -0.15) is 8.42 Å². The summed E-state index contributed by atoms with van der Waals surface area (Å²) in [5, 5.41) is -0.0882. The highest BCUT2D eigenvalue weighted by atomic mass is 35.5. The normalized spacial score (nSPS) is 13.3. The minimum absolute atomic E-state index is 0.0461. The van der Waals surface area contributed by atoms with E-state index in [2.05, 4.69) is 4.98 Å². The summed E-state index contributed by atoms with van der Waals surface area (Å²) >= 11 is 5.65. The molecule has 1 heterocycles. The van der Waals surface area contributed by atoms with Gasteiger partial charge in [-0.1, -0.05) is 20.3 Å². The van der Waals surface area contributed by atoms with Crippen LogP contribution in [0.15, 0.2) is 11.2 Å². The number of nitrogens with zero attached hydrogens (tertiary/aromatic N) is 2. The second-order valence-electron chi connectivity index (χ2n) is 4.17. The van der Waals surface area contributed by atoms with Crippen LogP contribution in [0.1, 0.15) is 26.7 Å². The van der Waals surface area contributed by atoms with Gasteiger partial charge >= 0.3 is 0 Å². The number of carbonyl (C=O) groups excluding carboxylic acids is 1. The minimum Gasteiger partial charge on any atom is -0.307 e. The molecule has 6 nitrogen and oxygen atoms in total. The number of nitrogens with one attached hydrogen (secondary N) is 1. The molecule has 1 aromatic heterocycles. The van der Waals surface area contributed by atoms with E-state index >= 15 is 0 Å². The van der Waals surface area contributed by atoms with Gasteiger partial charge in [0.2, 0.25) is 11.2 Å². The summed E-state index contributed by atoms with van der Waals surface area (Å²) in [6.45, 7) is 3.82. The third-order valence-corrected chi connectivity index (χ3v) is 4.42. The molecule has 102 valence electrons. The van der Waals surface area contributed by atoms with Crippen LogP contribution in [0.3, 0.4) is 0 Å². The number of rotatable bonds is 5. The molecule has 1 aromatic rings. The lowest BCUT2D eigenvalue weighted by molar-refractivity contribution is -0.120. The Balaban J connectivity index is 2.83. The second kappa shape index (κ2) is 5.71. The largest absolute Gasteiger partial charge is 0.307 e. The number of sulfonamides is 1. The molecule has 0 aromatic carbocycles. The Bertz CT molecular complexity index is 539. The smallest absolute Gasteiger partial charge is 0.281 e. The van der Waals surface area contributed by atoms with Crippen molar-refractivity contribution in [3.05, 3.63) is 11.5 Å². The van der Waals surface area contributed by atoms with Crippen LogP contribution in [0.2, 0.25) is 5.28 Å². The van der Waals surface area contributed by atoms with E-state index in [0.717, 1.165) is 12.6 Å². The lowest BCUT2D eigenvalue weighted by atomic mass is 10.1. The summed E-state index contributed by atoms with van der Waals surface area (Å²) in [4.78, 5) is 15.2. The fraction of sp³-hybridized carbons (Fsp3) is 0.600. The molecule has 0 spiro atoms. The zero-order chi connectivity index (χ0) is 13.9. The van der Waals surface area contributed by atoms with Gasteiger partial charge in [0.1, 0.15) is 0 Å². The van der Waals surface area contributed by atoms with Crippen molar-refractivity contribution in [3.8, 4) is 0 Å². The average Bonchev–Trinajstić information content (AvgIpc) is 2.59. The van der Waals surface area contributed by atoms with Crippen LogP contribution in [0.25, 0.3) is 0 Å². The fourth-order valence-electron chi connectivity index (χ4n) is 1.33. The number of hydrogen-bond donors (Lipinski definition) is 1. The quantitative estimate of drug-likeness (QED) is 0.887. The first-order chi connectivity index (χ1) is 8.27. The lowest BCUT2D eigenvalue weighted by Crippen LogP contribution is -2.32. The molecule has 0 fully saturated rings. The maximum atomic E-state index is 11.9. The zero-order valence-electron chi connectivity index (χ0n) is 10.5. The molecule has 0 unspecified atom stereocenters. The van der Waals surface area contributed by atoms with Crippen LogP contribution in [0.4, 0.5) is 0 Å². The Hall–Kier alpha value is -1.08. The van der Waals surface area contributed by atoms with Gasteiger partial charge in [-0.15, -0.1) is 0 Å². The van der Waals surface area contributed by atoms with Crippen LogP contribution in [0.5, 0.6) is 0 Å². The Kier molecular flexibility index (Phi) is 4.75. The van der Waals surface area contributed by atoms with Gasteiger partial charge in [0.15, 0.2) is 5.03 Å². The van der Waals surface area contributed by atoms with Crippen LogP contribution in [0, 0.1) is 5.92 Å². The molecule has 0 saturated heterocycles. The fourth-order valence-corrected chi connectivity index (χ4v) is 2.64. The maximum Gasteiger partial charge on any atom is 0.281 e. The summed E-state index contributed by atoms with van der Waals surface area (Å²) in [7, 11) is -2.45. The maximum absolute atomic E-state index is 11.9. The van der Waals surface area contributed by atoms with Crippen molar-refractivity contribution in [2.75, 3.05) is 0 Å². The van der Waals surface area contributed by atoms with Crippen molar-refractivity contribution in [2.24, 2.45) is 13.0 Å². The summed E-state index contributed by atoms with van der Waals surface area (Å²) in [5.41, 5.74) is 0. The Morgan fingerprint density at radius 1 is 1.61 bits per heavy atom. The third kappa shape index (κ3) is 3.46. The average molecular weight is 294 g/mol. The van der Waals surface area contributed by atoms with Gasteiger partial charge in [0, 0.05) is 13.5 Å². The van der Waals surface area contributed by atoms with Crippen LogP contribution >= 0.6 is 11.6 Å². The monoisotopic (exact) mass is 293 g/mol. The topological polar surface area (TPSA) is 81.1 Å². The first-order valence-electron chi connectivity index (χ1n) is 5.50. The predicted octanol–water partition coefficient (Wildman–Crippen LogP) is 1.31. The molecule has 1 N–H and O–H groups in total. The van der Waals surface area contributed by atoms with E-state index in [-0.39, 0.29) is 22.6 Å². The minimum atomic E-state index is -3.91. The Morgan fingerprint density at radius 3 is 2.67 bits per heavy atom. The van der Waals surface area contributed by atoms with E-state index in [0.29, 0.717) is 0 Å². The molecule has 1 rings (SSSR count). The van der Waals surface area contributed by atoms with Crippen molar-refractivity contribution < 1.29 is 13.2 Å². The molecule has 0 saturated carbocycles. The molecule has 1 amide bonds. The van der Waals surface area contributed by atoms with Gasteiger partial charge in [0.05, 0.1) is 6.20 Å². The van der Waals surface area contributed by atoms with E-state index in [1.807, 2.05) is 18.6 Å². The number of carbonyl (C=O) groups is 1. The van der Waals surface area contributed by atoms with Crippen molar-refractivity contribution >= 4 is 27.5 Å². The molecular formula is C10H16ClN3O3S. The van der Waals surface area contributed by atoms with Gasteiger partial charge < -0.3 is 4.57 Å². The standard InChI is InChI=1S/C10H16ClN3O3S/c1-4-7(2)5-8(15)13-18(16,17)9-6-12-10(11)14(9)3/h6-7H,4-5H2,1-3H3,(H,13,15)/t7-/m1/s1. The van der Waals surface area contributed by atoms with E-state index in [1.54, 1.807) is 0 Å². The molecule has 1 atom stereocenters. The Labute approximate surface area is 111 Å². The number of imidazole rings is 1. The van der Waals surface area contributed by atoms with E-state index < -0.39 is 15.9 Å². The molecule has 0 aliphatic heterocycles. The van der Waals surface area contributed by atoms with Crippen LogP contribution in [-0.4, -0.2) is 23.9 Å². The third-order valence-electron chi connectivity index (χ3n) is 2.64. The second-order valence-corrected chi connectivity index (χ2v) is 6.14. The number of aromatic nitrogens is 2. The van der Waals surface area contributed by atoms with Crippen LogP contribution < -0.4 is 4.72 Å². The van der Waals surface area contributed by atoms with Crippen molar-refractivity contribution in [1.29, 1.82) is 0 Å².